The predicted molar refractivity (Wildman–Crippen MR) is 142 cm³/mol. The van der Waals surface area contributed by atoms with Crippen molar-refractivity contribution in [1.29, 1.82) is 0 Å². The molecule has 0 saturated carbocycles. The molecule has 2 aromatic carbocycles. The van der Waals surface area contributed by atoms with Gasteiger partial charge in [-0.1, -0.05) is 24.2 Å². The van der Waals surface area contributed by atoms with Crippen LogP contribution in [0.5, 0.6) is 5.75 Å². The van der Waals surface area contributed by atoms with Gasteiger partial charge >= 0.3 is 6.18 Å². The van der Waals surface area contributed by atoms with Crippen molar-refractivity contribution in [2.45, 2.75) is 6.18 Å². The number of methoxy groups -OCH3 is 1. The lowest BCUT2D eigenvalue weighted by molar-refractivity contribution is -0.137. The molecule has 0 aliphatic carbocycles. The van der Waals surface area contributed by atoms with E-state index in [9.17, 15) is 18.0 Å². The molecule has 3 rings (SSSR count). The highest BCUT2D eigenvalue weighted by molar-refractivity contribution is 6.31. The number of aromatic nitrogens is 3. The second kappa shape index (κ2) is 12.1. The van der Waals surface area contributed by atoms with Gasteiger partial charge in [-0.2, -0.15) is 18.2 Å². The van der Waals surface area contributed by atoms with E-state index in [1.54, 1.807) is 12.1 Å². The fourth-order valence-electron chi connectivity index (χ4n) is 3.41. The number of likely N-dealkylation sites (N-methyl/N-ethyl adjacent to an activating group) is 2. The van der Waals surface area contributed by atoms with E-state index in [4.69, 9.17) is 16.3 Å². The maximum Gasteiger partial charge on any atom is 0.417 e. The van der Waals surface area contributed by atoms with E-state index in [2.05, 4.69) is 32.2 Å². The molecule has 0 atom stereocenters. The van der Waals surface area contributed by atoms with Crippen LogP contribution in [0.4, 0.5) is 36.2 Å². The van der Waals surface area contributed by atoms with Crippen LogP contribution in [-0.4, -0.2) is 67.1 Å². The summed E-state index contributed by atoms with van der Waals surface area (Å²) < 4.78 is 44.8. The molecule has 0 unspecified atom stereocenters. The Bertz CT molecular complexity index is 1320. The van der Waals surface area contributed by atoms with E-state index >= 15 is 0 Å². The molecule has 1 aromatic heterocycles. The minimum Gasteiger partial charge on any atom is -0.494 e. The van der Waals surface area contributed by atoms with Gasteiger partial charge in [-0.25, -0.2) is 9.97 Å². The second-order valence-corrected chi connectivity index (χ2v) is 8.85. The normalized spacial score (nSPS) is 11.3. The maximum atomic E-state index is 13.1. The van der Waals surface area contributed by atoms with Gasteiger partial charge in [-0.15, -0.1) is 0 Å². The molecule has 0 spiro atoms. The first-order chi connectivity index (χ1) is 17.9. The van der Waals surface area contributed by atoms with Crippen molar-refractivity contribution in [2.24, 2.45) is 0 Å². The average molecular weight is 550 g/mol. The quantitative estimate of drug-likeness (QED) is 0.338. The maximum absolute atomic E-state index is 13.1. The van der Waals surface area contributed by atoms with Crippen LogP contribution in [0.2, 0.25) is 5.02 Å². The molecule has 3 aromatic rings. The number of ether oxygens (including phenoxy) is 1. The van der Waals surface area contributed by atoms with E-state index in [1.165, 1.54) is 19.5 Å². The number of hydrogen-bond donors (Lipinski definition) is 2. The van der Waals surface area contributed by atoms with E-state index in [0.717, 1.165) is 24.8 Å². The highest BCUT2D eigenvalue weighted by atomic mass is 35.5. The van der Waals surface area contributed by atoms with Crippen LogP contribution in [-0.2, 0) is 11.0 Å². The van der Waals surface area contributed by atoms with E-state index < -0.39 is 22.7 Å². The highest BCUT2D eigenvalue weighted by Crippen LogP contribution is 2.39. The van der Waals surface area contributed by atoms with Crippen LogP contribution in [0, 0.1) is 0 Å². The van der Waals surface area contributed by atoms with Crippen molar-refractivity contribution < 1.29 is 22.7 Å². The lowest BCUT2D eigenvalue weighted by Gasteiger charge is -2.26. The summed E-state index contributed by atoms with van der Waals surface area (Å²) in [6.07, 6.45) is -2.20. The molecule has 2 N–H and O–H groups in total. The first kappa shape index (κ1) is 28.7. The SMILES string of the molecule is C=CC(=O)Nc1cc(Nc2ncnc(-c3ccc(C(F)(F)F)c(Cl)c3)n2)c(OC)cc1N(C)CCN(C)C. The third kappa shape index (κ3) is 7.11. The molecule has 0 saturated heterocycles. The summed E-state index contributed by atoms with van der Waals surface area (Å²) in [5.74, 6) is 0.245. The van der Waals surface area contributed by atoms with Gasteiger partial charge in [0.05, 0.1) is 34.8 Å². The van der Waals surface area contributed by atoms with Crippen LogP contribution >= 0.6 is 11.6 Å². The summed E-state index contributed by atoms with van der Waals surface area (Å²) in [6.45, 7) is 4.95. The molecule has 0 aliphatic heterocycles. The largest absolute Gasteiger partial charge is 0.494 e. The van der Waals surface area contributed by atoms with Gasteiger partial charge in [-0.05, 0) is 38.4 Å². The Morgan fingerprint density at radius 2 is 1.87 bits per heavy atom. The van der Waals surface area contributed by atoms with Crippen molar-refractivity contribution in [3.8, 4) is 17.1 Å². The second-order valence-electron chi connectivity index (χ2n) is 8.44. The summed E-state index contributed by atoms with van der Waals surface area (Å²) in [5.41, 5.74) is 0.949. The van der Waals surface area contributed by atoms with Gasteiger partial charge < -0.3 is 25.2 Å². The number of halogens is 4. The topological polar surface area (TPSA) is 95.5 Å². The first-order valence-electron chi connectivity index (χ1n) is 11.3. The molecule has 0 radical (unpaired) electrons. The average Bonchev–Trinajstić information content (AvgIpc) is 2.86. The Hall–Kier alpha value is -3.90. The number of hydrogen-bond acceptors (Lipinski definition) is 8. The van der Waals surface area contributed by atoms with Crippen LogP contribution in [0.15, 0.2) is 49.3 Å². The number of alkyl halides is 3. The number of anilines is 4. The van der Waals surface area contributed by atoms with Gasteiger partial charge in [0, 0.05) is 31.8 Å². The summed E-state index contributed by atoms with van der Waals surface area (Å²) in [4.78, 5) is 28.6. The summed E-state index contributed by atoms with van der Waals surface area (Å²) in [7, 11) is 7.31. The number of benzene rings is 2. The third-order valence-corrected chi connectivity index (χ3v) is 5.72. The summed E-state index contributed by atoms with van der Waals surface area (Å²) in [6, 6.07) is 6.67. The Balaban J connectivity index is 1.97. The third-order valence-electron chi connectivity index (χ3n) is 5.41. The van der Waals surface area contributed by atoms with Crippen LogP contribution in [0.25, 0.3) is 11.4 Å². The minimum absolute atomic E-state index is 0.0963. The number of nitrogens with one attached hydrogen (secondary N) is 2. The molecule has 13 heteroatoms. The van der Waals surface area contributed by atoms with Crippen LogP contribution in [0.1, 0.15) is 5.56 Å². The molecule has 38 heavy (non-hydrogen) atoms. The Morgan fingerprint density at radius 1 is 1.13 bits per heavy atom. The highest BCUT2D eigenvalue weighted by Gasteiger charge is 2.33. The van der Waals surface area contributed by atoms with E-state index in [1.807, 2.05) is 30.9 Å². The predicted octanol–water partition coefficient (Wildman–Crippen LogP) is 5.09. The molecule has 0 fully saturated rings. The fraction of sp³-hybridized carbons (Fsp3) is 0.280. The molecule has 1 heterocycles. The zero-order chi connectivity index (χ0) is 28.0. The molecular formula is C25H27ClF3N7O2. The fourth-order valence-corrected chi connectivity index (χ4v) is 3.69. The lowest BCUT2D eigenvalue weighted by atomic mass is 10.1. The van der Waals surface area contributed by atoms with E-state index in [-0.39, 0.29) is 17.3 Å². The van der Waals surface area contributed by atoms with Crippen molar-refractivity contribution in [3.63, 3.8) is 0 Å². The Morgan fingerprint density at radius 3 is 2.47 bits per heavy atom. The molecule has 9 nitrogen and oxygen atoms in total. The van der Waals surface area contributed by atoms with Crippen molar-refractivity contribution in [1.82, 2.24) is 19.9 Å². The van der Waals surface area contributed by atoms with Crippen molar-refractivity contribution >= 4 is 40.5 Å². The van der Waals surface area contributed by atoms with Crippen LogP contribution in [0.3, 0.4) is 0 Å². The summed E-state index contributed by atoms with van der Waals surface area (Å²) in [5, 5.41) is 5.36. The summed E-state index contributed by atoms with van der Waals surface area (Å²) >= 11 is 5.85. The van der Waals surface area contributed by atoms with Gasteiger partial charge in [0.1, 0.15) is 12.1 Å². The zero-order valence-corrected chi connectivity index (χ0v) is 22.0. The number of carbonyl (C=O) groups excluding carboxylic acids is 1. The molecule has 202 valence electrons. The monoisotopic (exact) mass is 549 g/mol. The number of nitrogens with zero attached hydrogens (tertiary/aromatic N) is 5. The zero-order valence-electron chi connectivity index (χ0n) is 21.2. The Kier molecular flexibility index (Phi) is 9.13. The molecule has 0 bridgehead atoms. The number of rotatable bonds is 10. The van der Waals surface area contributed by atoms with Crippen molar-refractivity contribution in [3.05, 3.63) is 59.9 Å². The number of amides is 1. The van der Waals surface area contributed by atoms with Gasteiger partial charge in [0.15, 0.2) is 5.82 Å². The smallest absolute Gasteiger partial charge is 0.417 e. The van der Waals surface area contributed by atoms with Gasteiger partial charge in [-0.3, -0.25) is 4.79 Å². The first-order valence-corrected chi connectivity index (χ1v) is 11.6. The van der Waals surface area contributed by atoms with Crippen molar-refractivity contribution in [2.75, 3.05) is 56.9 Å². The number of carbonyl (C=O) groups is 1. The molecule has 0 aliphatic rings. The molecular weight excluding hydrogens is 523 g/mol. The minimum atomic E-state index is -4.58. The Labute approximate surface area is 223 Å². The van der Waals surface area contributed by atoms with Crippen LogP contribution < -0.4 is 20.3 Å². The van der Waals surface area contributed by atoms with E-state index in [0.29, 0.717) is 29.4 Å². The molecule has 1 amide bonds. The van der Waals surface area contributed by atoms with Gasteiger partial charge in [0.2, 0.25) is 11.9 Å². The van der Waals surface area contributed by atoms with Gasteiger partial charge in [0.25, 0.3) is 0 Å². The standard InChI is InChI=1S/C25H27ClF3N7O2/c1-6-22(37)32-18-12-19(21(38-5)13-20(18)36(4)10-9-35(2)3)33-24-31-14-30-23(34-24)15-7-8-16(17(26)11-15)25(27,28)29/h6-8,11-14H,1,9-10H2,2-5H3,(H,32,37)(H,30,31,33,34). The lowest BCUT2D eigenvalue weighted by Crippen LogP contribution is -2.29.